The van der Waals surface area contributed by atoms with E-state index in [1.807, 2.05) is 0 Å². The highest BCUT2D eigenvalue weighted by Crippen LogP contribution is 2.24. The van der Waals surface area contributed by atoms with Gasteiger partial charge in [0.25, 0.3) is 0 Å². The SMILES string of the molecule is CN(CCNC(=S)NN)C1CC1. The zero-order valence-electron chi connectivity index (χ0n) is 7.34. The first-order valence-corrected chi connectivity index (χ1v) is 4.59. The second-order valence-corrected chi connectivity index (χ2v) is 3.52. The number of hydrazine groups is 1. The Kier molecular flexibility index (Phi) is 3.71. The normalized spacial score (nSPS) is 16.2. The molecule has 1 aliphatic carbocycles. The van der Waals surface area contributed by atoms with Crippen molar-refractivity contribution in [1.82, 2.24) is 15.6 Å². The van der Waals surface area contributed by atoms with Crippen LogP contribution in [0.3, 0.4) is 0 Å². The molecule has 0 aromatic rings. The van der Waals surface area contributed by atoms with Gasteiger partial charge in [-0.1, -0.05) is 0 Å². The minimum absolute atomic E-state index is 0.513. The van der Waals surface area contributed by atoms with Gasteiger partial charge >= 0.3 is 0 Å². The molecule has 0 bridgehead atoms. The summed E-state index contributed by atoms with van der Waals surface area (Å²) in [6.07, 6.45) is 2.69. The molecule has 0 saturated heterocycles. The maximum Gasteiger partial charge on any atom is 0.180 e. The van der Waals surface area contributed by atoms with E-state index in [9.17, 15) is 0 Å². The molecule has 12 heavy (non-hydrogen) atoms. The monoisotopic (exact) mass is 188 g/mol. The lowest BCUT2D eigenvalue weighted by molar-refractivity contribution is 0.329. The second kappa shape index (κ2) is 4.59. The number of hydrogen-bond donors (Lipinski definition) is 3. The molecule has 0 heterocycles. The lowest BCUT2D eigenvalue weighted by atomic mass is 10.5. The molecule has 0 amide bonds. The summed E-state index contributed by atoms with van der Waals surface area (Å²) >= 11 is 4.82. The smallest absolute Gasteiger partial charge is 0.180 e. The van der Waals surface area contributed by atoms with Crippen LogP contribution in [-0.2, 0) is 0 Å². The molecule has 1 rings (SSSR count). The Bertz CT molecular complexity index is 157. The summed E-state index contributed by atoms with van der Waals surface area (Å²) in [4.78, 5) is 2.34. The fourth-order valence-corrected chi connectivity index (χ4v) is 1.20. The molecule has 0 unspecified atom stereocenters. The van der Waals surface area contributed by atoms with Crippen molar-refractivity contribution in [3.8, 4) is 0 Å². The minimum Gasteiger partial charge on any atom is -0.360 e. The van der Waals surface area contributed by atoms with Crippen LogP contribution in [0.1, 0.15) is 12.8 Å². The van der Waals surface area contributed by atoms with Crippen LogP contribution in [0.15, 0.2) is 0 Å². The summed E-state index contributed by atoms with van der Waals surface area (Å²) in [5.74, 6) is 5.09. The summed E-state index contributed by atoms with van der Waals surface area (Å²) in [5, 5.41) is 3.51. The number of nitrogens with zero attached hydrogens (tertiary/aromatic N) is 1. The van der Waals surface area contributed by atoms with Crippen LogP contribution in [0.2, 0.25) is 0 Å². The average Bonchev–Trinajstić information content (AvgIpc) is 2.86. The van der Waals surface area contributed by atoms with E-state index in [1.54, 1.807) is 0 Å². The summed E-state index contributed by atoms with van der Waals surface area (Å²) in [6.45, 7) is 1.88. The predicted molar refractivity (Wildman–Crippen MR) is 53.6 cm³/mol. The fourth-order valence-electron chi connectivity index (χ4n) is 1.09. The third kappa shape index (κ3) is 3.34. The van der Waals surface area contributed by atoms with Crippen molar-refractivity contribution in [2.75, 3.05) is 20.1 Å². The molecule has 4 N–H and O–H groups in total. The van der Waals surface area contributed by atoms with Crippen LogP contribution in [-0.4, -0.2) is 36.2 Å². The molecule has 4 nitrogen and oxygen atoms in total. The van der Waals surface area contributed by atoms with Gasteiger partial charge in [-0.2, -0.15) is 0 Å². The highest BCUT2D eigenvalue weighted by atomic mass is 32.1. The minimum atomic E-state index is 0.513. The molecule has 70 valence electrons. The molecule has 0 aromatic heterocycles. The Hall–Kier alpha value is -0.390. The van der Waals surface area contributed by atoms with Gasteiger partial charge in [0.2, 0.25) is 0 Å². The molecule has 0 aromatic carbocycles. The summed E-state index contributed by atoms with van der Waals surface area (Å²) < 4.78 is 0. The first-order valence-electron chi connectivity index (χ1n) is 4.18. The zero-order chi connectivity index (χ0) is 8.97. The standard InChI is InChI=1S/C7H16N4S/c1-11(6-2-3-6)5-4-9-7(12)10-8/h6H,2-5,8H2,1H3,(H2,9,10,12). The van der Waals surface area contributed by atoms with Crippen LogP contribution < -0.4 is 16.6 Å². The molecule has 1 fully saturated rings. The largest absolute Gasteiger partial charge is 0.360 e. The highest BCUT2D eigenvalue weighted by Gasteiger charge is 2.25. The molecular weight excluding hydrogens is 172 g/mol. The molecule has 0 aliphatic heterocycles. The van der Waals surface area contributed by atoms with Crippen LogP contribution in [0.5, 0.6) is 0 Å². The van der Waals surface area contributed by atoms with Crippen molar-refractivity contribution >= 4 is 17.3 Å². The van der Waals surface area contributed by atoms with E-state index in [2.05, 4.69) is 22.7 Å². The topological polar surface area (TPSA) is 53.3 Å². The van der Waals surface area contributed by atoms with Gasteiger partial charge in [0.15, 0.2) is 5.11 Å². The average molecular weight is 188 g/mol. The molecule has 0 atom stereocenters. The van der Waals surface area contributed by atoms with Crippen LogP contribution in [0.4, 0.5) is 0 Å². The number of nitrogens with two attached hydrogens (primary N) is 1. The van der Waals surface area contributed by atoms with E-state index in [4.69, 9.17) is 18.1 Å². The Morgan fingerprint density at radius 2 is 2.33 bits per heavy atom. The number of rotatable bonds is 4. The van der Waals surface area contributed by atoms with Crippen molar-refractivity contribution in [3.05, 3.63) is 0 Å². The first kappa shape index (κ1) is 9.70. The van der Waals surface area contributed by atoms with E-state index in [0.717, 1.165) is 19.1 Å². The van der Waals surface area contributed by atoms with Gasteiger partial charge in [0.05, 0.1) is 0 Å². The third-order valence-corrected chi connectivity index (χ3v) is 2.31. The molecule has 5 heteroatoms. The van der Waals surface area contributed by atoms with Crippen LogP contribution in [0, 0.1) is 0 Å². The van der Waals surface area contributed by atoms with E-state index < -0.39 is 0 Å². The number of nitrogens with one attached hydrogen (secondary N) is 2. The summed E-state index contributed by atoms with van der Waals surface area (Å²) in [6, 6.07) is 0.811. The fraction of sp³-hybridized carbons (Fsp3) is 0.857. The van der Waals surface area contributed by atoms with E-state index >= 15 is 0 Å². The predicted octanol–water partition coefficient (Wildman–Crippen LogP) is -0.582. The molecular formula is C7H16N4S. The lowest BCUT2D eigenvalue weighted by Crippen LogP contribution is -2.42. The van der Waals surface area contributed by atoms with E-state index in [-0.39, 0.29) is 0 Å². The summed E-state index contributed by atoms with van der Waals surface area (Å²) in [5.41, 5.74) is 2.39. The Morgan fingerprint density at radius 3 is 2.83 bits per heavy atom. The van der Waals surface area contributed by atoms with E-state index in [1.165, 1.54) is 12.8 Å². The zero-order valence-corrected chi connectivity index (χ0v) is 8.16. The van der Waals surface area contributed by atoms with Gasteiger partial charge in [-0.3, -0.25) is 0 Å². The quantitative estimate of drug-likeness (QED) is 0.313. The first-order chi connectivity index (χ1) is 5.74. The Balaban J connectivity index is 1.97. The maximum absolute atomic E-state index is 5.09. The van der Waals surface area contributed by atoms with Gasteiger partial charge in [0.1, 0.15) is 0 Å². The molecule has 1 saturated carbocycles. The third-order valence-electron chi connectivity index (χ3n) is 2.05. The Morgan fingerprint density at radius 1 is 1.67 bits per heavy atom. The number of likely N-dealkylation sites (N-methyl/N-ethyl adjacent to an activating group) is 1. The molecule has 1 aliphatic rings. The van der Waals surface area contributed by atoms with Gasteiger partial charge < -0.3 is 15.6 Å². The van der Waals surface area contributed by atoms with Gasteiger partial charge in [-0.25, -0.2) is 5.84 Å². The number of hydrogen-bond acceptors (Lipinski definition) is 3. The van der Waals surface area contributed by atoms with Crippen LogP contribution in [0.25, 0.3) is 0 Å². The van der Waals surface area contributed by atoms with Crippen molar-refractivity contribution in [2.45, 2.75) is 18.9 Å². The maximum atomic E-state index is 5.09. The molecule has 0 spiro atoms. The van der Waals surface area contributed by atoms with E-state index in [0.29, 0.717) is 5.11 Å². The summed E-state index contributed by atoms with van der Waals surface area (Å²) in [7, 11) is 2.14. The van der Waals surface area contributed by atoms with Crippen molar-refractivity contribution in [3.63, 3.8) is 0 Å². The van der Waals surface area contributed by atoms with Crippen LogP contribution >= 0.6 is 12.2 Å². The number of thiocarbonyl (C=S) groups is 1. The molecule has 0 radical (unpaired) electrons. The Labute approximate surface area is 78.5 Å². The van der Waals surface area contributed by atoms with Gasteiger partial charge in [0, 0.05) is 19.1 Å². The van der Waals surface area contributed by atoms with Crippen molar-refractivity contribution in [2.24, 2.45) is 5.84 Å². The van der Waals surface area contributed by atoms with Gasteiger partial charge in [-0.15, -0.1) is 0 Å². The lowest BCUT2D eigenvalue weighted by Gasteiger charge is -2.16. The second-order valence-electron chi connectivity index (χ2n) is 3.11. The van der Waals surface area contributed by atoms with Crippen molar-refractivity contribution in [1.29, 1.82) is 0 Å². The van der Waals surface area contributed by atoms with Gasteiger partial charge in [-0.05, 0) is 32.1 Å². The van der Waals surface area contributed by atoms with Crippen molar-refractivity contribution < 1.29 is 0 Å². The highest BCUT2D eigenvalue weighted by molar-refractivity contribution is 7.80.